The van der Waals surface area contributed by atoms with Gasteiger partial charge in [-0.3, -0.25) is 9.78 Å². The minimum absolute atomic E-state index is 0.224. The number of ketones is 1. The van der Waals surface area contributed by atoms with Gasteiger partial charge in [-0.05, 0) is 19.1 Å². The van der Waals surface area contributed by atoms with Crippen molar-refractivity contribution >= 4 is 23.0 Å². The number of carbonyl (C=O) groups excluding carboxylic acids is 2. The normalized spacial score (nSPS) is 12.0. The lowest BCUT2D eigenvalue weighted by Gasteiger charge is -2.10. The molecule has 2 aromatic carbocycles. The summed E-state index contributed by atoms with van der Waals surface area (Å²) in [5.74, 6) is -1.09. The van der Waals surface area contributed by atoms with Crippen molar-refractivity contribution in [1.82, 2.24) is 4.98 Å². The number of benzene rings is 2. The summed E-state index contributed by atoms with van der Waals surface area (Å²) >= 11 is 0. The average molecular weight is 289 g/mol. The SMILES string of the molecule is Cc1ccc(C(=O)C(C=O)c2ccc3ccccc3n2)cc1. The topological polar surface area (TPSA) is 47.0 Å². The first-order valence-electron chi connectivity index (χ1n) is 7.11. The van der Waals surface area contributed by atoms with Gasteiger partial charge in [-0.25, -0.2) is 0 Å². The molecule has 0 aliphatic rings. The Hall–Kier alpha value is -2.81. The first kappa shape index (κ1) is 14.1. The van der Waals surface area contributed by atoms with Crippen molar-refractivity contribution in [3.05, 3.63) is 77.5 Å². The van der Waals surface area contributed by atoms with E-state index in [0.29, 0.717) is 17.5 Å². The Morgan fingerprint density at radius 3 is 2.45 bits per heavy atom. The van der Waals surface area contributed by atoms with E-state index in [0.717, 1.165) is 16.5 Å². The fraction of sp³-hybridized carbons (Fsp3) is 0.105. The predicted molar refractivity (Wildman–Crippen MR) is 86.1 cm³/mol. The van der Waals surface area contributed by atoms with Crippen LogP contribution in [0.2, 0.25) is 0 Å². The first-order chi connectivity index (χ1) is 10.7. The van der Waals surface area contributed by atoms with Gasteiger partial charge in [0, 0.05) is 10.9 Å². The molecule has 1 heterocycles. The second-order valence-electron chi connectivity index (χ2n) is 5.27. The minimum atomic E-state index is -0.868. The van der Waals surface area contributed by atoms with Crippen LogP contribution in [0, 0.1) is 6.92 Å². The lowest BCUT2D eigenvalue weighted by atomic mass is 9.94. The second kappa shape index (κ2) is 5.90. The molecule has 1 atom stereocenters. The standard InChI is InChI=1S/C19H15NO2/c1-13-6-8-15(9-7-13)19(22)16(12-21)18-11-10-14-4-2-3-5-17(14)20-18/h2-12,16H,1H3. The van der Waals surface area contributed by atoms with Gasteiger partial charge in [-0.15, -0.1) is 0 Å². The third-order valence-corrected chi connectivity index (χ3v) is 3.69. The molecule has 0 radical (unpaired) electrons. The number of nitrogens with zero attached hydrogens (tertiary/aromatic N) is 1. The zero-order valence-corrected chi connectivity index (χ0v) is 12.2. The van der Waals surface area contributed by atoms with Crippen molar-refractivity contribution in [2.24, 2.45) is 0 Å². The lowest BCUT2D eigenvalue weighted by Crippen LogP contribution is -2.15. The third kappa shape index (κ3) is 2.66. The summed E-state index contributed by atoms with van der Waals surface area (Å²) in [6.45, 7) is 1.95. The van der Waals surface area contributed by atoms with Crippen LogP contribution in [0.1, 0.15) is 27.5 Å². The molecule has 22 heavy (non-hydrogen) atoms. The molecule has 0 amide bonds. The van der Waals surface area contributed by atoms with Crippen molar-refractivity contribution in [3.63, 3.8) is 0 Å². The molecule has 108 valence electrons. The van der Waals surface area contributed by atoms with Gasteiger partial charge < -0.3 is 4.79 Å². The van der Waals surface area contributed by atoms with Crippen molar-refractivity contribution < 1.29 is 9.59 Å². The number of fused-ring (bicyclic) bond motifs is 1. The van der Waals surface area contributed by atoms with Crippen LogP contribution in [-0.2, 0) is 4.79 Å². The predicted octanol–water partition coefficient (Wildman–Crippen LogP) is 3.71. The highest BCUT2D eigenvalue weighted by molar-refractivity contribution is 6.09. The number of aryl methyl sites for hydroxylation is 1. The molecular formula is C19H15NO2. The van der Waals surface area contributed by atoms with Crippen molar-refractivity contribution in [2.45, 2.75) is 12.8 Å². The highest BCUT2D eigenvalue weighted by atomic mass is 16.1. The molecule has 0 spiro atoms. The summed E-state index contributed by atoms with van der Waals surface area (Å²) in [4.78, 5) is 28.5. The number of hydrogen-bond donors (Lipinski definition) is 0. The molecule has 3 nitrogen and oxygen atoms in total. The van der Waals surface area contributed by atoms with E-state index in [1.165, 1.54) is 0 Å². The summed E-state index contributed by atoms with van der Waals surface area (Å²) in [6.07, 6.45) is 0.666. The zero-order valence-electron chi connectivity index (χ0n) is 12.2. The summed E-state index contributed by atoms with van der Waals surface area (Å²) < 4.78 is 0. The Labute approximate surface area is 128 Å². The molecule has 0 aliphatic heterocycles. The zero-order chi connectivity index (χ0) is 15.5. The van der Waals surface area contributed by atoms with Gasteiger partial charge in [-0.2, -0.15) is 0 Å². The van der Waals surface area contributed by atoms with Gasteiger partial charge in [0.25, 0.3) is 0 Å². The molecular weight excluding hydrogens is 274 g/mol. The Kier molecular flexibility index (Phi) is 3.79. The largest absolute Gasteiger partial charge is 0.302 e. The highest BCUT2D eigenvalue weighted by Crippen LogP contribution is 2.21. The van der Waals surface area contributed by atoms with E-state index < -0.39 is 5.92 Å². The van der Waals surface area contributed by atoms with Gasteiger partial charge in [0.1, 0.15) is 12.2 Å². The molecule has 0 aliphatic carbocycles. The Bertz CT molecular complexity index is 837. The van der Waals surface area contributed by atoms with Crippen LogP contribution in [0.5, 0.6) is 0 Å². The molecule has 3 heteroatoms. The van der Waals surface area contributed by atoms with Gasteiger partial charge in [-0.1, -0.05) is 54.1 Å². The molecule has 1 aromatic heterocycles. The molecule has 0 bridgehead atoms. The van der Waals surface area contributed by atoms with Gasteiger partial charge in [0.05, 0.1) is 11.2 Å². The van der Waals surface area contributed by atoms with Crippen molar-refractivity contribution in [3.8, 4) is 0 Å². The Balaban J connectivity index is 1.99. The monoisotopic (exact) mass is 289 g/mol. The molecule has 3 rings (SSSR count). The number of pyridine rings is 1. The van der Waals surface area contributed by atoms with Crippen LogP contribution in [-0.4, -0.2) is 17.1 Å². The number of Topliss-reactive ketones (excluding diaryl/α,β-unsaturated/α-hetero) is 1. The maximum absolute atomic E-state index is 12.6. The van der Waals surface area contributed by atoms with Crippen LogP contribution in [0.25, 0.3) is 10.9 Å². The smallest absolute Gasteiger partial charge is 0.179 e. The number of aldehydes is 1. The maximum Gasteiger partial charge on any atom is 0.179 e. The number of rotatable bonds is 4. The molecule has 0 fully saturated rings. The molecule has 3 aromatic rings. The van der Waals surface area contributed by atoms with Crippen molar-refractivity contribution in [1.29, 1.82) is 0 Å². The summed E-state index contributed by atoms with van der Waals surface area (Å²) in [5, 5.41) is 0.985. The van der Waals surface area contributed by atoms with E-state index in [4.69, 9.17) is 0 Å². The quantitative estimate of drug-likeness (QED) is 0.418. The Morgan fingerprint density at radius 1 is 1.00 bits per heavy atom. The van der Waals surface area contributed by atoms with E-state index in [2.05, 4.69) is 4.98 Å². The van der Waals surface area contributed by atoms with Crippen LogP contribution in [0.15, 0.2) is 60.7 Å². The Morgan fingerprint density at radius 2 is 1.73 bits per heavy atom. The summed E-state index contributed by atoms with van der Waals surface area (Å²) in [6, 6.07) is 18.5. The fourth-order valence-corrected chi connectivity index (χ4v) is 2.42. The van der Waals surface area contributed by atoms with E-state index in [9.17, 15) is 9.59 Å². The van der Waals surface area contributed by atoms with E-state index in [1.54, 1.807) is 18.2 Å². The van der Waals surface area contributed by atoms with Gasteiger partial charge in [0.15, 0.2) is 5.78 Å². The van der Waals surface area contributed by atoms with Crippen LogP contribution < -0.4 is 0 Å². The maximum atomic E-state index is 12.6. The summed E-state index contributed by atoms with van der Waals surface area (Å²) in [7, 11) is 0. The lowest BCUT2D eigenvalue weighted by molar-refractivity contribution is -0.108. The second-order valence-corrected chi connectivity index (χ2v) is 5.27. The summed E-state index contributed by atoms with van der Waals surface area (Å²) in [5.41, 5.74) is 2.86. The molecule has 0 saturated carbocycles. The fourth-order valence-electron chi connectivity index (χ4n) is 2.42. The first-order valence-corrected chi connectivity index (χ1v) is 7.11. The minimum Gasteiger partial charge on any atom is -0.302 e. The van der Waals surface area contributed by atoms with Crippen LogP contribution >= 0.6 is 0 Å². The molecule has 0 saturated heterocycles. The van der Waals surface area contributed by atoms with E-state index in [-0.39, 0.29) is 5.78 Å². The van der Waals surface area contributed by atoms with Crippen LogP contribution in [0.4, 0.5) is 0 Å². The number of carbonyl (C=O) groups is 2. The molecule has 1 unspecified atom stereocenters. The number of hydrogen-bond acceptors (Lipinski definition) is 3. The highest BCUT2D eigenvalue weighted by Gasteiger charge is 2.22. The van der Waals surface area contributed by atoms with E-state index in [1.807, 2.05) is 49.4 Å². The van der Waals surface area contributed by atoms with Crippen molar-refractivity contribution in [2.75, 3.05) is 0 Å². The average Bonchev–Trinajstić information content (AvgIpc) is 2.56. The number of aromatic nitrogens is 1. The van der Waals surface area contributed by atoms with Crippen LogP contribution in [0.3, 0.4) is 0 Å². The van der Waals surface area contributed by atoms with Gasteiger partial charge in [0.2, 0.25) is 0 Å². The molecule has 0 N–H and O–H groups in total. The third-order valence-electron chi connectivity index (χ3n) is 3.69. The van der Waals surface area contributed by atoms with Gasteiger partial charge >= 0.3 is 0 Å². The van der Waals surface area contributed by atoms with E-state index >= 15 is 0 Å². The number of para-hydroxylation sites is 1.